The fourth-order valence-corrected chi connectivity index (χ4v) is 3.19. The van der Waals surface area contributed by atoms with Gasteiger partial charge < -0.3 is 4.57 Å². The molecule has 4 heteroatoms. The molecule has 0 bridgehead atoms. The minimum atomic E-state index is 0.0971. The molecule has 0 aliphatic rings. The van der Waals surface area contributed by atoms with Crippen molar-refractivity contribution in [3.05, 3.63) is 64.6 Å². The molecule has 0 fully saturated rings. The number of nitrogens with zero attached hydrogens (tertiary/aromatic N) is 2. The molecule has 0 spiro atoms. The van der Waals surface area contributed by atoms with E-state index in [1.807, 2.05) is 35.9 Å². The first-order valence-corrected chi connectivity index (χ1v) is 7.15. The maximum Gasteiger partial charge on any atom is 0.152 e. The fraction of sp³-hybridized carbons (Fsp3) is 0.176. The SMILES string of the molecule is CC(c1ccccc1)c1c(C=O)c2c(Cl)nccc2n1C. The number of fused-ring (bicyclic) bond motifs is 1. The average Bonchev–Trinajstić information content (AvgIpc) is 2.81. The van der Waals surface area contributed by atoms with Gasteiger partial charge in [-0.15, -0.1) is 0 Å². The molecule has 3 aromatic rings. The molecular formula is C17H15ClN2O. The predicted octanol–water partition coefficient (Wildman–Crippen LogP) is 4.19. The van der Waals surface area contributed by atoms with Crippen molar-refractivity contribution in [2.75, 3.05) is 0 Å². The summed E-state index contributed by atoms with van der Waals surface area (Å²) >= 11 is 6.19. The molecule has 0 saturated heterocycles. The summed E-state index contributed by atoms with van der Waals surface area (Å²) in [6, 6.07) is 12.0. The van der Waals surface area contributed by atoms with Gasteiger partial charge in [0.25, 0.3) is 0 Å². The van der Waals surface area contributed by atoms with Gasteiger partial charge in [-0.3, -0.25) is 4.79 Å². The van der Waals surface area contributed by atoms with Gasteiger partial charge in [-0.05, 0) is 11.6 Å². The van der Waals surface area contributed by atoms with Gasteiger partial charge in [-0.1, -0.05) is 48.9 Å². The Balaban J connectivity index is 2.30. The maximum absolute atomic E-state index is 11.6. The molecule has 0 amide bonds. The number of carbonyl (C=O) groups excluding carboxylic acids is 1. The summed E-state index contributed by atoms with van der Waals surface area (Å²) in [5.74, 6) is 0.0971. The second-order valence-electron chi connectivity index (χ2n) is 5.10. The summed E-state index contributed by atoms with van der Waals surface area (Å²) in [5, 5.41) is 1.10. The molecule has 21 heavy (non-hydrogen) atoms. The summed E-state index contributed by atoms with van der Waals surface area (Å²) in [6.07, 6.45) is 2.54. The van der Waals surface area contributed by atoms with Crippen LogP contribution in [0.4, 0.5) is 0 Å². The first-order valence-electron chi connectivity index (χ1n) is 6.78. The van der Waals surface area contributed by atoms with E-state index in [-0.39, 0.29) is 5.92 Å². The number of carbonyl (C=O) groups is 1. The quantitative estimate of drug-likeness (QED) is 0.537. The number of aldehydes is 1. The Kier molecular flexibility index (Phi) is 3.52. The summed E-state index contributed by atoms with van der Waals surface area (Å²) < 4.78 is 2.03. The molecule has 0 saturated carbocycles. The largest absolute Gasteiger partial charge is 0.346 e. The lowest BCUT2D eigenvalue weighted by molar-refractivity contribution is 0.112. The van der Waals surface area contributed by atoms with Gasteiger partial charge in [0, 0.05) is 35.8 Å². The molecule has 1 unspecified atom stereocenters. The molecule has 3 rings (SSSR count). The topological polar surface area (TPSA) is 34.9 Å². The zero-order valence-corrected chi connectivity index (χ0v) is 12.6. The molecule has 0 radical (unpaired) electrons. The second-order valence-corrected chi connectivity index (χ2v) is 5.46. The van der Waals surface area contributed by atoms with Gasteiger partial charge in [0.1, 0.15) is 5.15 Å². The second kappa shape index (κ2) is 5.34. The highest BCUT2D eigenvalue weighted by atomic mass is 35.5. The summed E-state index contributed by atoms with van der Waals surface area (Å²) in [5.41, 5.74) is 3.67. The van der Waals surface area contributed by atoms with Crippen LogP contribution in [-0.2, 0) is 7.05 Å². The zero-order valence-electron chi connectivity index (χ0n) is 11.9. The van der Waals surface area contributed by atoms with Gasteiger partial charge in [-0.2, -0.15) is 0 Å². The van der Waals surface area contributed by atoms with Crippen molar-refractivity contribution < 1.29 is 4.79 Å². The van der Waals surface area contributed by atoms with E-state index in [1.165, 1.54) is 0 Å². The molecule has 1 atom stereocenters. The van der Waals surface area contributed by atoms with E-state index < -0.39 is 0 Å². The van der Waals surface area contributed by atoms with Gasteiger partial charge in [0.2, 0.25) is 0 Å². The zero-order chi connectivity index (χ0) is 15.0. The summed E-state index contributed by atoms with van der Waals surface area (Å²) in [7, 11) is 1.96. The highest BCUT2D eigenvalue weighted by molar-refractivity contribution is 6.35. The Morgan fingerprint density at radius 1 is 1.24 bits per heavy atom. The van der Waals surface area contributed by atoms with E-state index in [4.69, 9.17) is 11.6 Å². The van der Waals surface area contributed by atoms with Crippen molar-refractivity contribution in [2.24, 2.45) is 7.05 Å². The molecule has 0 N–H and O–H groups in total. The van der Waals surface area contributed by atoms with Gasteiger partial charge in [-0.25, -0.2) is 4.98 Å². The van der Waals surface area contributed by atoms with E-state index in [9.17, 15) is 4.79 Å². The Bertz CT molecular complexity index is 809. The van der Waals surface area contributed by atoms with E-state index in [1.54, 1.807) is 6.20 Å². The Labute approximate surface area is 128 Å². The van der Waals surface area contributed by atoms with Crippen LogP contribution in [0, 0.1) is 0 Å². The fourth-order valence-electron chi connectivity index (χ4n) is 2.94. The Hall–Kier alpha value is -2.13. The number of hydrogen-bond donors (Lipinski definition) is 0. The standard InChI is InChI=1S/C17H15ClN2O/c1-11(12-6-4-3-5-7-12)16-13(10-21)15-14(20(16)2)8-9-19-17(15)18/h3-11H,1-2H3. The van der Waals surface area contributed by atoms with E-state index in [2.05, 4.69) is 24.0 Å². The van der Waals surface area contributed by atoms with Gasteiger partial charge >= 0.3 is 0 Å². The first kappa shape index (κ1) is 13.8. The molecule has 106 valence electrons. The monoisotopic (exact) mass is 298 g/mol. The number of benzene rings is 1. The van der Waals surface area contributed by atoms with E-state index in [0.717, 1.165) is 28.4 Å². The predicted molar refractivity (Wildman–Crippen MR) is 85.1 cm³/mol. The summed E-state index contributed by atoms with van der Waals surface area (Å²) in [6.45, 7) is 2.10. The van der Waals surface area contributed by atoms with E-state index >= 15 is 0 Å². The van der Waals surface area contributed by atoms with Crippen molar-refractivity contribution in [1.29, 1.82) is 0 Å². The smallest absolute Gasteiger partial charge is 0.152 e. The minimum Gasteiger partial charge on any atom is -0.346 e. The highest BCUT2D eigenvalue weighted by Gasteiger charge is 2.22. The molecule has 2 heterocycles. The highest BCUT2D eigenvalue weighted by Crippen LogP contribution is 2.35. The van der Waals surface area contributed by atoms with Crippen LogP contribution in [0.1, 0.15) is 34.5 Å². The molecular weight excluding hydrogens is 284 g/mol. The number of hydrogen-bond acceptors (Lipinski definition) is 2. The number of aromatic nitrogens is 2. The minimum absolute atomic E-state index is 0.0971. The van der Waals surface area contributed by atoms with Crippen LogP contribution in [0.2, 0.25) is 5.15 Å². The van der Waals surface area contributed by atoms with Crippen LogP contribution >= 0.6 is 11.6 Å². The average molecular weight is 299 g/mol. The number of halogens is 1. The number of rotatable bonds is 3. The maximum atomic E-state index is 11.6. The molecule has 2 aromatic heterocycles. The van der Waals surface area contributed by atoms with Crippen molar-refractivity contribution in [3.8, 4) is 0 Å². The van der Waals surface area contributed by atoms with Crippen molar-refractivity contribution in [1.82, 2.24) is 9.55 Å². The lowest BCUT2D eigenvalue weighted by Crippen LogP contribution is -2.05. The third-order valence-electron chi connectivity index (χ3n) is 3.98. The third-order valence-corrected chi connectivity index (χ3v) is 4.26. The van der Waals surface area contributed by atoms with Crippen LogP contribution in [0.15, 0.2) is 42.6 Å². The molecule has 3 nitrogen and oxygen atoms in total. The number of aryl methyl sites for hydroxylation is 1. The van der Waals surface area contributed by atoms with Crippen molar-refractivity contribution in [3.63, 3.8) is 0 Å². The lowest BCUT2D eigenvalue weighted by atomic mass is 9.95. The van der Waals surface area contributed by atoms with Crippen LogP contribution < -0.4 is 0 Å². The molecule has 0 aliphatic heterocycles. The molecule has 1 aromatic carbocycles. The number of pyridine rings is 1. The van der Waals surface area contributed by atoms with Gasteiger partial charge in [0.05, 0.1) is 5.52 Å². The lowest BCUT2D eigenvalue weighted by Gasteiger charge is -2.14. The van der Waals surface area contributed by atoms with Crippen LogP contribution in [0.5, 0.6) is 0 Å². The van der Waals surface area contributed by atoms with Gasteiger partial charge in [0.15, 0.2) is 6.29 Å². The van der Waals surface area contributed by atoms with Crippen LogP contribution in [0.3, 0.4) is 0 Å². The first-order chi connectivity index (χ1) is 10.1. The van der Waals surface area contributed by atoms with Crippen LogP contribution in [-0.4, -0.2) is 15.8 Å². The summed E-state index contributed by atoms with van der Waals surface area (Å²) in [4.78, 5) is 15.7. The van der Waals surface area contributed by atoms with E-state index in [0.29, 0.717) is 10.7 Å². The van der Waals surface area contributed by atoms with Crippen LogP contribution in [0.25, 0.3) is 10.9 Å². The van der Waals surface area contributed by atoms with Crippen molar-refractivity contribution in [2.45, 2.75) is 12.8 Å². The Morgan fingerprint density at radius 2 is 1.95 bits per heavy atom. The Morgan fingerprint density at radius 3 is 2.62 bits per heavy atom. The van der Waals surface area contributed by atoms with Crippen molar-refractivity contribution >= 4 is 28.8 Å². The third kappa shape index (κ3) is 2.14. The normalized spacial score (nSPS) is 12.5. The molecule has 0 aliphatic carbocycles.